The van der Waals surface area contributed by atoms with Gasteiger partial charge in [-0.2, -0.15) is 0 Å². The summed E-state index contributed by atoms with van der Waals surface area (Å²) in [5, 5.41) is 8.49. The summed E-state index contributed by atoms with van der Waals surface area (Å²) in [4.78, 5) is 16.6. The van der Waals surface area contributed by atoms with E-state index in [9.17, 15) is 13.6 Å². The van der Waals surface area contributed by atoms with Gasteiger partial charge in [-0.3, -0.25) is 4.79 Å². The van der Waals surface area contributed by atoms with Gasteiger partial charge in [-0.25, -0.2) is 13.8 Å². The molecule has 0 radical (unpaired) electrons. The number of hydrogen-bond donors (Lipinski definition) is 2. The average Bonchev–Trinajstić information content (AvgIpc) is 3.04. The lowest BCUT2D eigenvalue weighted by molar-refractivity contribution is -0.116. The second-order valence-electron chi connectivity index (χ2n) is 5.81. The average molecular weight is 373 g/mol. The normalized spacial score (nSPS) is 11.8. The van der Waals surface area contributed by atoms with Gasteiger partial charge in [0.25, 0.3) is 0 Å². The summed E-state index contributed by atoms with van der Waals surface area (Å²) in [6.07, 6.45) is 0. The Balaban J connectivity index is 1.63. The van der Waals surface area contributed by atoms with Gasteiger partial charge in [-0.05, 0) is 38.1 Å². The summed E-state index contributed by atoms with van der Waals surface area (Å²) in [5.74, 6) is -1.93. The van der Waals surface area contributed by atoms with Crippen molar-refractivity contribution in [1.29, 1.82) is 0 Å². The van der Waals surface area contributed by atoms with Crippen LogP contribution in [0.5, 0.6) is 0 Å². The molecule has 1 aromatic heterocycles. The van der Waals surface area contributed by atoms with Crippen LogP contribution < -0.4 is 10.6 Å². The molecule has 0 spiro atoms. The fourth-order valence-electron chi connectivity index (χ4n) is 2.38. The topological polar surface area (TPSA) is 54.0 Å². The molecule has 0 aliphatic carbocycles. The lowest BCUT2D eigenvalue weighted by atomic mass is 10.1. The molecule has 0 aliphatic rings. The van der Waals surface area contributed by atoms with E-state index in [-0.39, 0.29) is 5.69 Å². The third kappa shape index (κ3) is 4.23. The monoisotopic (exact) mass is 373 g/mol. The van der Waals surface area contributed by atoms with Crippen molar-refractivity contribution < 1.29 is 13.6 Å². The van der Waals surface area contributed by atoms with Crippen LogP contribution >= 0.6 is 11.3 Å². The maximum absolute atomic E-state index is 13.6. The van der Waals surface area contributed by atoms with Crippen molar-refractivity contribution in [2.75, 3.05) is 10.6 Å². The van der Waals surface area contributed by atoms with Gasteiger partial charge >= 0.3 is 0 Å². The first-order valence-corrected chi connectivity index (χ1v) is 8.85. The Morgan fingerprint density at radius 1 is 1.15 bits per heavy atom. The fourth-order valence-corrected chi connectivity index (χ4v) is 3.00. The molecule has 3 rings (SSSR count). The first kappa shape index (κ1) is 18.0. The van der Waals surface area contributed by atoms with Gasteiger partial charge in [0.2, 0.25) is 5.91 Å². The Bertz CT molecular complexity index is 925. The van der Waals surface area contributed by atoms with Gasteiger partial charge in [0.15, 0.2) is 0 Å². The van der Waals surface area contributed by atoms with E-state index in [2.05, 4.69) is 15.6 Å². The number of nitrogens with one attached hydrogen (secondary N) is 2. The highest BCUT2D eigenvalue weighted by Crippen LogP contribution is 2.23. The molecule has 2 aromatic carbocycles. The van der Waals surface area contributed by atoms with Crippen molar-refractivity contribution in [1.82, 2.24) is 4.98 Å². The molecular weight excluding hydrogens is 356 g/mol. The highest BCUT2D eigenvalue weighted by Gasteiger charge is 2.15. The standard InChI is InChI=1S/C19H17F2N3OS/c1-11(19(25)24-17-8-5-14(20)9-16(17)21)22-15-6-3-13(4-7-15)18-10-26-12(2)23-18/h3-11,22H,1-2H3,(H,24,25)/t11-/m0/s1. The molecule has 7 heteroatoms. The summed E-state index contributed by atoms with van der Waals surface area (Å²) in [6, 6.07) is 9.95. The molecular formula is C19H17F2N3OS. The van der Waals surface area contributed by atoms with Crippen molar-refractivity contribution in [3.05, 3.63) is 64.5 Å². The number of thiazole rings is 1. The van der Waals surface area contributed by atoms with Crippen LogP contribution in [0.4, 0.5) is 20.2 Å². The Labute approximate surface area is 153 Å². The van der Waals surface area contributed by atoms with Gasteiger partial charge in [0, 0.05) is 22.7 Å². The summed E-state index contributed by atoms with van der Waals surface area (Å²) < 4.78 is 26.5. The number of carbonyl (C=O) groups is 1. The number of aromatic nitrogens is 1. The number of halogens is 2. The molecule has 4 nitrogen and oxygen atoms in total. The molecule has 2 N–H and O–H groups in total. The van der Waals surface area contributed by atoms with Gasteiger partial charge in [-0.1, -0.05) is 12.1 Å². The summed E-state index contributed by atoms with van der Waals surface area (Å²) in [5.41, 5.74) is 2.60. The van der Waals surface area contributed by atoms with E-state index >= 15 is 0 Å². The van der Waals surface area contributed by atoms with Crippen LogP contribution in [0.3, 0.4) is 0 Å². The molecule has 134 valence electrons. The minimum absolute atomic E-state index is 0.0562. The molecule has 0 fully saturated rings. The van der Waals surface area contributed by atoms with Crippen LogP contribution in [-0.4, -0.2) is 16.9 Å². The molecule has 1 heterocycles. The van der Waals surface area contributed by atoms with Crippen LogP contribution in [0, 0.1) is 18.6 Å². The Hall–Kier alpha value is -2.80. The van der Waals surface area contributed by atoms with E-state index in [1.807, 2.05) is 36.6 Å². The molecule has 1 atom stereocenters. The quantitative estimate of drug-likeness (QED) is 0.673. The van der Waals surface area contributed by atoms with E-state index in [0.717, 1.165) is 34.1 Å². The molecule has 0 unspecified atom stereocenters. The smallest absolute Gasteiger partial charge is 0.246 e. The first-order chi connectivity index (χ1) is 12.4. The van der Waals surface area contributed by atoms with Gasteiger partial charge < -0.3 is 10.6 Å². The zero-order chi connectivity index (χ0) is 18.7. The van der Waals surface area contributed by atoms with Gasteiger partial charge in [0.1, 0.15) is 17.7 Å². The van der Waals surface area contributed by atoms with Crippen molar-refractivity contribution in [3.63, 3.8) is 0 Å². The minimum atomic E-state index is -0.812. The largest absolute Gasteiger partial charge is 0.374 e. The number of nitrogens with zero attached hydrogens (tertiary/aromatic N) is 1. The third-order valence-corrected chi connectivity index (χ3v) is 4.54. The van der Waals surface area contributed by atoms with E-state index in [1.54, 1.807) is 18.3 Å². The summed E-state index contributed by atoms with van der Waals surface area (Å²) in [7, 11) is 0. The fraction of sp³-hybridized carbons (Fsp3) is 0.158. The SMILES string of the molecule is Cc1nc(-c2ccc(N[C@@H](C)C(=O)Nc3ccc(F)cc3F)cc2)cs1. The third-order valence-electron chi connectivity index (χ3n) is 3.77. The molecule has 0 aliphatic heterocycles. The zero-order valence-electron chi connectivity index (χ0n) is 14.2. The first-order valence-electron chi connectivity index (χ1n) is 7.97. The highest BCUT2D eigenvalue weighted by atomic mass is 32.1. The molecule has 0 saturated heterocycles. The zero-order valence-corrected chi connectivity index (χ0v) is 15.0. The molecule has 0 bridgehead atoms. The van der Waals surface area contributed by atoms with Crippen molar-refractivity contribution in [2.45, 2.75) is 19.9 Å². The van der Waals surface area contributed by atoms with E-state index < -0.39 is 23.6 Å². The Kier molecular flexibility index (Phi) is 5.27. The van der Waals surface area contributed by atoms with Crippen LogP contribution in [-0.2, 0) is 4.79 Å². The summed E-state index contributed by atoms with van der Waals surface area (Å²) >= 11 is 1.59. The van der Waals surface area contributed by atoms with Gasteiger partial charge in [-0.15, -0.1) is 11.3 Å². The number of benzene rings is 2. The van der Waals surface area contributed by atoms with Crippen LogP contribution in [0.15, 0.2) is 47.8 Å². The minimum Gasteiger partial charge on any atom is -0.374 e. The molecule has 3 aromatic rings. The van der Waals surface area contributed by atoms with E-state index in [1.165, 1.54) is 6.07 Å². The lowest BCUT2D eigenvalue weighted by Gasteiger charge is -2.16. The predicted molar refractivity (Wildman–Crippen MR) is 100 cm³/mol. The number of rotatable bonds is 5. The number of aryl methyl sites for hydroxylation is 1. The lowest BCUT2D eigenvalue weighted by Crippen LogP contribution is -2.32. The molecule has 26 heavy (non-hydrogen) atoms. The van der Waals surface area contributed by atoms with Crippen molar-refractivity contribution in [2.24, 2.45) is 0 Å². The molecule has 1 amide bonds. The van der Waals surface area contributed by atoms with Gasteiger partial charge in [0.05, 0.1) is 16.4 Å². The van der Waals surface area contributed by atoms with Crippen LogP contribution in [0.25, 0.3) is 11.3 Å². The number of amides is 1. The highest BCUT2D eigenvalue weighted by molar-refractivity contribution is 7.09. The van der Waals surface area contributed by atoms with Crippen LogP contribution in [0.2, 0.25) is 0 Å². The van der Waals surface area contributed by atoms with E-state index in [4.69, 9.17) is 0 Å². The Morgan fingerprint density at radius 2 is 1.88 bits per heavy atom. The van der Waals surface area contributed by atoms with Crippen molar-refractivity contribution in [3.8, 4) is 11.3 Å². The second-order valence-corrected chi connectivity index (χ2v) is 6.87. The Morgan fingerprint density at radius 3 is 2.50 bits per heavy atom. The maximum atomic E-state index is 13.6. The maximum Gasteiger partial charge on any atom is 0.246 e. The number of anilines is 2. The van der Waals surface area contributed by atoms with E-state index in [0.29, 0.717) is 0 Å². The predicted octanol–water partition coefficient (Wildman–Crippen LogP) is 4.84. The second kappa shape index (κ2) is 7.61. The summed E-state index contributed by atoms with van der Waals surface area (Å²) in [6.45, 7) is 3.61. The number of hydrogen-bond acceptors (Lipinski definition) is 4. The van der Waals surface area contributed by atoms with Crippen molar-refractivity contribution >= 4 is 28.6 Å². The molecule has 0 saturated carbocycles. The van der Waals surface area contributed by atoms with Crippen LogP contribution in [0.1, 0.15) is 11.9 Å². The number of carbonyl (C=O) groups excluding carboxylic acids is 1.